The van der Waals surface area contributed by atoms with Crippen LogP contribution in [0.4, 0.5) is 4.39 Å². The fourth-order valence-electron chi connectivity index (χ4n) is 4.12. The molecular formula is C26H18FN5. The molecule has 4 aromatic heterocycles. The molecule has 0 radical (unpaired) electrons. The number of hydrogen-bond acceptors (Lipinski definition) is 3. The first-order valence-corrected chi connectivity index (χ1v) is 10.3. The third kappa shape index (κ3) is 2.96. The number of halogens is 1. The highest BCUT2D eigenvalue weighted by Gasteiger charge is 2.16. The molecule has 0 aliphatic carbocycles. The molecule has 0 spiro atoms. The first kappa shape index (κ1) is 18.4. The summed E-state index contributed by atoms with van der Waals surface area (Å²) in [6.45, 7) is 2.08. The highest BCUT2D eigenvalue weighted by atomic mass is 19.1. The van der Waals surface area contributed by atoms with Gasteiger partial charge >= 0.3 is 0 Å². The number of rotatable bonds is 3. The van der Waals surface area contributed by atoms with Gasteiger partial charge in [0.1, 0.15) is 17.0 Å². The number of H-pyrrole nitrogens is 2. The van der Waals surface area contributed by atoms with Crippen LogP contribution in [-0.4, -0.2) is 25.1 Å². The Kier molecular flexibility index (Phi) is 4.11. The van der Waals surface area contributed by atoms with Crippen molar-refractivity contribution in [2.45, 2.75) is 6.92 Å². The number of fused-ring (bicyclic) bond motifs is 2. The normalized spacial score (nSPS) is 11.4. The van der Waals surface area contributed by atoms with Gasteiger partial charge in [-0.25, -0.2) is 9.37 Å². The Bertz CT molecular complexity index is 1590. The number of benzene rings is 2. The molecule has 32 heavy (non-hydrogen) atoms. The average Bonchev–Trinajstić information content (AvgIpc) is 3.43. The van der Waals surface area contributed by atoms with Crippen molar-refractivity contribution in [3.8, 4) is 33.9 Å². The fraction of sp³-hybridized carbons (Fsp3) is 0.0385. The van der Waals surface area contributed by atoms with E-state index in [-0.39, 0.29) is 5.82 Å². The van der Waals surface area contributed by atoms with Crippen LogP contribution >= 0.6 is 0 Å². The van der Waals surface area contributed by atoms with Crippen molar-refractivity contribution in [2.24, 2.45) is 0 Å². The van der Waals surface area contributed by atoms with E-state index in [1.807, 2.05) is 36.4 Å². The van der Waals surface area contributed by atoms with E-state index >= 15 is 0 Å². The zero-order valence-corrected chi connectivity index (χ0v) is 17.2. The van der Waals surface area contributed by atoms with Crippen LogP contribution in [0.25, 0.3) is 55.8 Å². The Labute approximate surface area is 183 Å². The van der Waals surface area contributed by atoms with Crippen LogP contribution in [0.15, 0.2) is 79.0 Å². The van der Waals surface area contributed by atoms with Crippen LogP contribution in [-0.2, 0) is 0 Å². The molecule has 0 saturated carbocycles. The molecule has 2 N–H and O–H groups in total. The molecule has 6 heteroatoms. The summed E-state index contributed by atoms with van der Waals surface area (Å²) in [6.07, 6.45) is 1.75. The second-order valence-electron chi connectivity index (χ2n) is 7.79. The van der Waals surface area contributed by atoms with Crippen LogP contribution < -0.4 is 0 Å². The summed E-state index contributed by atoms with van der Waals surface area (Å²) < 4.78 is 13.4. The Morgan fingerprint density at radius 3 is 2.53 bits per heavy atom. The van der Waals surface area contributed by atoms with Gasteiger partial charge in [0.25, 0.3) is 0 Å². The van der Waals surface area contributed by atoms with E-state index in [9.17, 15) is 4.39 Å². The summed E-state index contributed by atoms with van der Waals surface area (Å²) in [4.78, 5) is 12.9. The molecule has 0 atom stereocenters. The van der Waals surface area contributed by atoms with Gasteiger partial charge in [-0.2, -0.15) is 5.10 Å². The Balaban J connectivity index is 1.51. The van der Waals surface area contributed by atoms with Gasteiger partial charge in [0.15, 0.2) is 0 Å². The number of aryl methyl sites for hydroxylation is 1. The topological polar surface area (TPSA) is 70.2 Å². The van der Waals surface area contributed by atoms with Crippen LogP contribution in [0.5, 0.6) is 0 Å². The quantitative estimate of drug-likeness (QED) is 0.354. The number of aromatic nitrogens is 5. The van der Waals surface area contributed by atoms with Crippen LogP contribution in [0.3, 0.4) is 0 Å². The first-order chi connectivity index (χ1) is 15.7. The largest absolute Gasteiger partial charge is 0.353 e. The lowest BCUT2D eigenvalue weighted by molar-refractivity contribution is 0.628. The zero-order chi connectivity index (χ0) is 21.7. The molecule has 0 fully saturated rings. The molecule has 0 unspecified atom stereocenters. The van der Waals surface area contributed by atoms with Crippen molar-refractivity contribution in [3.63, 3.8) is 0 Å². The van der Waals surface area contributed by atoms with Crippen molar-refractivity contribution < 1.29 is 4.39 Å². The second kappa shape index (κ2) is 7.13. The number of hydrogen-bond donors (Lipinski definition) is 2. The van der Waals surface area contributed by atoms with Crippen molar-refractivity contribution in [3.05, 3.63) is 90.4 Å². The Hall–Kier alpha value is -4.32. The van der Waals surface area contributed by atoms with Crippen LogP contribution in [0.2, 0.25) is 0 Å². The number of pyridine rings is 2. The smallest absolute Gasteiger partial charge is 0.135 e. The maximum atomic E-state index is 13.4. The van der Waals surface area contributed by atoms with Crippen LogP contribution in [0.1, 0.15) is 5.56 Å². The summed E-state index contributed by atoms with van der Waals surface area (Å²) in [5.41, 5.74) is 9.01. The third-order valence-electron chi connectivity index (χ3n) is 5.75. The standard InChI is InChI=1S/C26H18FN5/c1-15-4-2-3-5-18(15)20-10-11-22-25(30-20)26(32-31-22)23-14-19-21(29-23)12-13-28-24(19)16-6-8-17(27)9-7-16/h2-14,29H,1H3,(H,31,32). The first-order valence-electron chi connectivity index (χ1n) is 10.3. The van der Waals surface area contributed by atoms with Gasteiger partial charge in [-0.1, -0.05) is 24.3 Å². The monoisotopic (exact) mass is 419 g/mol. The number of nitrogens with one attached hydrogen (secondary N) is 2. The Morgan fingerprint density at radius 2 is 1.69 bits per heavy atom. The van der Waals surface area contributed by atoms with E-state index < -0.39 is 0 Å². The van der Waals surface area contributed by atoms with Gasteiger partial charge in [0.2, 0.25) is 0 Å². The van der Waals surface area contributed by atoms with Gasteiger partial charge in [-0.15, -0.1) is 0 Å². The van der Waals surface area contributed by atoms with Crippen molar-refractivity contribution >= 4 is 21.9 Å². The second-order valence-corrected chi connectivity index (χ2v) is 7.79. The van der Waals surface area contributed by atoms with Gasteiger partial charge in [0, 0.05) is 28.2 Å². The van der Waals surface area contributed by atoms with Crippen molar-refractivity contribution in [1.82, 2.24) is 25.1 Å². The fourth-order valence-corrected chi connectivity index (χ4v) is 4.12. The Morgan fingerprint density at radius 1 is 0.844 bits per heavy atom. The minimum atomic E-state index is -0.269. The summed E-state index contributed by atoms with van der Waals surface area (Å²) in [5, 5.41) is 8.58. The van der Waals surface area contributed by atoms with Crippen molar-refractivity contribution in [1.29, 1.82) is 0 Å². The molecule has 0 amide bonds. The maximum absolute atomic E-state index is 13.4. The highest BCUT2D eigenvalue weighted by Crippen LogP contribution is 2.33. The summed E-state index contributed by atoms with van der Waals surface area (Å²) in [5.74, 6) is -0.269. The molecular weight excluding hydrogens is 401 g/mol. The van der Waals surface area contributed by atoms with E-state index in [1.54, 1.807) is 18.3 Å². The molecule has 5 nitrogen and oxygen atoms in total. The molecule has 0 aliphatic rings. The minimum Gasteiger partial charge on any atom is -0.353 e. The zero-order valence-electron chi connectivity index (χ0n) is 17.2. The van der Waals surface area contributed by atoms with Gasteiger partial charge in [0.05, 0.1) is 22.6 Å². The molecule has 6 aromatic rings. The van der Waals surface area contributed by atoms with E-state index in [2.05, 4.69) is 39.2 Å². The summed E-state index contributed by atoms with van der Waals surface area (Å²) >= 11 is 0. The average molecular weight is 419 g/mol. The van der Waals surface area contributed by atoms with Gasteiger partial charge < -0.3 is 4.98 Å². The van der Waals surface area contributed by atoms with Crippen molar-refractivity contribution in [2.75, 3.05) is 0 Å². The van der Waals surface area contributed by atoms with Gasteiger partial charge in [-0.05, 0) is 61.0 Å². The summed E-state index contributed by atoms with van der Waals surface area (Å²) in [7, 11) is 0. The lowest BCUT2D eigenvalue weighted by Gasteiger charge is -2.05. The van der Waals surface area contributed by atoms with E-state index in [0.717, 1.165) is 55.8 Å². The predicted molar refractivity (Wildman–Crippen MR) is 125 cm³/mol. The molecule has 154 valence electrons. The third-order valence-corrected chi connectivity index (χ3v) is 5.75. The minimum absolute atomic E-state index is 0.269. The molecule has 2 aromatic carbocycles. The highest BCUT2D eigenvalue weighted by molar-refractivity contribution is 5.99. The molecule has 6 rings (SSSR count). The lowest BCUT2D eigenvalue weighted by Crippen LogP contribution is -1.88. The van der Waals surface area contributed by atoms with Gasteiger partial charge in [-0.3, -0.25) is 10.1 Å². The predicted octanol–water partition coefficient (Wildman–Crippen LogP) is 6.28. The van der Waals surface area contributed by atoms with E-state index in [1.165, 1.54) is 17.7 Å². The van der Waals surface area contributed by atoms with E-state index in [4.69, 9.17) is 4.98 Å². The number of aromatic amines is 2. The van der Waals surface area contributed by atoms with Crippen LogP contribution in [0, 0.1) is 12.7 Å². The molecule has 0 aliphatic heterocycles. The maximum Gasteiger partial charge on any atom is 0.135 e. The number of nitrogens with zero attached hydrogens (tertiary/aromatic N) is 3. The molecule has 0 saturated heterocycles. The molecule has 4 heterocycles. The summed E-state index contributed by atoms with van der Waals surface area (Å²) in [6, 6.07) is 22.5. The molecule has 0 bridgehead atoms. The van der Waals surface area contributed by atoms with E-state index in [0.29, 0.717) is 0 Å². The SMILES string of the molecule is Cc1ccccc1-c1ccc2[nH]nc(-c3cc4c(-c5ccc(F)cc5)nccc4[nH]3)c2n1. The lowest BCUT2D eigenvalue weighted by atomic mass is 10.0.